The van der Waals surface area contributed by atoms with Crippen LogP contribution in [-0.2, 0) is 43.3 Å². The molecule has 0 aliphatic heterocycles. The van der Waals surface area contributed by atoms with E-state index in [1.165, 1.54) is 44.7 Å². The van der Waals surface area contributed by atoms with Crippen LogP contribution in [0.3, 0.4) is 0 Å². The van der Waals surface area contributed by atoms with Crippen LogP contribution in [0, 0.1) is 12.3 Å². The summed E-state index contributed by atoms with van der Waals surface area (Å²) in [5.41, 5.74) is 8.54. The van der Waals surface area contributed by atoms with Gasteiger partial charge in [-0.15, -0.1) is 11.3 Å². The molecule has 0 radical (unpaired) electrons. The predicted octanol–water partition coefficient (Wildman–Crippen LogP) is 6.17. The van der Waals surface area contributed by atoms with E-state index < -0.39 is 0 Å². The maximum absolute atomic E-state index is 13.4. The second kappa shape index (κ2) is 13.0. The van der Waals surface area contributed by atoms with Crippen molar-refractivity contribution >= 4 is 23.0 Å². The van der Waals surface area contributed by atoms with Crippen molar-refractivity contribution in [2.24, 2.45) is 5.41 Å². The van der Waals surface area contributed by atoms with Crippen LogP contribution in [0.1, 0.15) is 101 Å². The highest BCUT2D eigenvalue weighted by atomic mass is 32.1. The van der Waals surface area contributed by atoms with E-state index in [4.69, 9.17) is 0 Å². The molecule has 2 aromatic rings. The van der Waals surface area contributed by atoms with Crippen molar-refractivity contribution in [3.8, 4) is 0 Å². The smallest absolute Gasteiger partial charge is 0.221 e. The molecule has 1 heterocycles. The van der Waals surface area contributed by atoms with Gasteiger partial charge in [0.05, 0.1) is 4.88 Å². The van der Waals surface area contributed by atoms with Gasteiger partial charge < -0.3 is 10.6 Å². The van der Waals surface area contributed by atoms with Crippen LogP contribution >= 0.6 is 11.3 Å². The Balaban J connectivity index is 1.62. The summed E-state index contributed by atoms with van der Waals surface area (Å²) in [6, 6.07) is 4.59. The highest BCUT2D eigenvalue weighted by Crippen LogP contribution is 2.42. The molecule has 1 amide bonds. The number of carbonyl (C=O) groups is 2. The maximum Gasteiger partial charge on any atom is 0.221 e. The van der Waals surface area contributed by atoms with E-state index in [0.717, 1.165) is 49.8 Å². The zero-order valence-corrected chi connectivity index (χ0v) is 24.2. The van der Waals surface area contributed by atoms with Crippen LogP contribution in [0.4, 0.5) is 0 Å². The van der Waals surface area contributed by atoms with Crippen molar-refractivity contribution in [3.05, 3.63) is 55.3 Å². The number of fused-ring (bicyclic) bond motifs is 1. The fourth-order valence-electron chi connectivity index (χ4n) is 5.54. The molecule has 0 spiro atoms. The maximum atomic E-state index is 13.4. The van der Waals surface area contributed by atoms with Crippen molar-refractivity contribution in [3.63, 3.8) is 0 Å². The molecule has 0 saturated heterocycles. The molecule has 0 saturated carbocycles. The Labute approximate surface area is 222 Å². The monoisotopic (exact) mass is 510 g/mol. The standard InChI is InChI=1S/C31H46N2O2S/c1-7-23-19-22(18-21(3)24(23)10-9-16-33-29(35)14-17-32-6)11-12-27(34)30-25-13-15-31(4,5)20-26(25)28(8-2)36-30/h18-19,32H,7-17,20H2,1-6H3,(H,33,35). The zero-order chi connectivity index (χ0) is 26.3. The molecule has 1 aromatic carbocycles. The van der Waals surface area contributed by atoms with Crippen LogP contribution < -0.4 is 10.6 Å². The fraction of sp³-hybridized carbons (Fsp3) is 0.613. The van der Waals surface area contributed by atoms with Gasteiger partial charge in [0.25, 0.3) is 0 Å². The van der Waals surface area contributed by atoms with E-state index in [-0.39, 0.29) is 5.91 Å². The normalized spacial score (nSPS) is 14.5. The van der Waals surface area contributed by atoms with Crippen molar-refractivity contribution in [1.82, 2.24) is 10.6 Å². The summed E-state index contributed by atoms with van der Waals surface area (Å²) in [6.07, 6.45) is 9.15. The lowest BCUT2D eigenvalue weighted by Gasteiger charge is -2.30. The van der Waals surface area contributed by atoms with Crippen molar-refractivity contribution < 1.29 is 9.59 Å². The Bertz CT molecular complexity index is 1070. The SMILES string of the molecule is CCc1cc(CCC(=O)c2sc(CC)c3c2CCC(C)(C)C3)cc(C)c1CCCNC(=O)CCNC. The molecule has 1 aromatic heterocycles. The molecular formula is C31H46N2O2S. The molecule has 198 valence electrons. The van der Waals surface area contributed by atoms with Crippen molar-refractivity contribution in [2.75, 3.05) is 20.1 Å². The number of aryl methyl sites for hydroxylation is 4. The number of benzene rings is 1. The molecule has 3 rings (SSSR count). The first kappa shape index (κ1) is 28.6. The number of hydrogen-bond acceptors (Lipinski definition) is 4. The van der Waals surface area contributed by atoms with Crippen LogP contribution in [0.25, 0.3) is 0 Å². The molecule has 5 heteroatoms. The van der Waals surface area contributed by atoms with Gasteiger partial charge in [0.15, 0.2) is 5.78 Å². The first-order valence-corrected chi connectivity index (χ1v) is 14.7. The molecular weight excluding hydrogens is 464 g/mol. The highest BCUT2D eigenvalue weighted by Gasteiger charge is 2.31. The van der Waals surface area contributed by atoms with E-state index in [2.05, 4.69) is 57.4 Å². The van der Waals surface area contributed by atoms with Crippen LogP contribution in [-0.4, -0.2) is 31.8 Å². The minimum Gasteiger partial charge on any atom is -0.356 e. The Hall–Kier alpha value is -1.98. The summed E-state index contributed by atoms with van der Waals surface area (Å²) in [7, 11) is 1.86. The lowest BCUT2D eigenvalue weighted by atomic mass is 9.74. The van der Waals surface area contributed by atoms with Gasteiger partial charge in [0, 0.05) is 30.8 Å². The molecule has 0 atom stereocenters. The van der Waals surface area contributed by atoms with Gasteiger partial charge in [-0.1, -0.05) is 39.8 Å². The third-order valence-corrected chi connectivity index (χ3v) is 9.12. The van der Waals surface area contributed by atoms with Gasteiger partial charge in [-0.25, -0.2) is 0 Å². The number of carbonyl (C=O) groups excluding carboxylic acids is 2. The number of Topliss-reactive ketones (excluding diaryl/α,β-unsaturated/α-hetero) is 1. The average molecular weight is 511 g/mol. The Kier molecular flexibility index (Phi) is 10.3. The number of nitrogens with one attached hydrogen (secondary N) is 2. The first-order chi connectivity index (χ1) is 17.2. The van der Waals surface area contributed by atoms with Crippen LogP contribution in [0.15, 0.2) is 12.1 Å². The van der Waals surface area contributed by atoms with Gasteiger partial charge >= 0.3 is 0 Å². The van der Waals surface area contributed by atoms with Crippen LogP contribution in [0.2, 0.25) is 0 Å². The Morgan fingerprint density at radius 2 is 1.81 bits per heavy atom. The second-order valence-corrected chi connectivity index (χ2v) is 12.2. The van der Waals surface area contributed by atoms with E-state index in [1.54, 1.807) is 11.3 Å². The third kappa shape index (κ3) is 7.29. The number of ketones is 1. The Morgan fingerprint density at radius 1 is 1.03 bits per heavy atom. The van der Waals surface area contributed by atoms with E-state index in [0.29, 0.717) is 37.1 Å². The summed E-state index contributed by atoms with van der Waals surface area (Å²) < 4.78 is 0. The third-order valence-electron chi connectivity index (χ3n) is 7.66. The number of rotatable bonds is 13. The van der Waals surface area contributed by atoms with Gasteiger partial charge in [-0.05, 0) is 104 Å². The van der Waals surface area contributed by atoms with Gasteiger partial charge in [0.1, 0.15) is 0 Å². The van der Waals surface area contributed by atoms with Gasteiger partial charge in [-0.2, -0.15) is 0 Å². The second-order valence-electron chi connectivity index (χ2n) is 11.1. The number of hydrogen-bond donors (Lipinski definition) is 2. The average Bonchev–Trinajstić information content (AvgIpc) is 3.21. The molecule has 36 heavy (non-hydrogen) atoms. The molecule has 0 fully saturated rings. The summed E-state index contributed by atoms with van der Waals surface area (Å²) in [5.74, 6) is 0.433. The van der Waals surface area contributed by atoms with Gasteiger partial charge in [0.2, 0.25) is 5.91 Å². The van der Waals surface area contributed by atoms with E-state index >= 15 is 0 Å². The highest BCUT2D eigenvalue weighted by molar-refractivity contribution is 7.14. The van der Waals surface area contributed by atoms with Crippen LogP contribution in [0.5, 0.6) is 0 Å². The first-order valence-electron chi connectivity index (χ1n) is 13.9. The quantitative estimate of drug-likeness (QED) is 0.250. The molecule has 1 aliphatic rings. The van der Waals surface area contributed by atoms with Crippen molar-refractivity contribution in [2.45, 2.75) is 98.8 Å². The Morgan fingerprint density at radius 3 is 2.50 bits per heavy atom. The summed E-state index contributed by atoms with van der Waals surface area (Å²) >= 11 is 1.77. The fourth-order valence-corrected chi connectivity index (χ4v) is 6.82. The number of amides is 1. The van der Waals surface area contributed by atoms with Gasteiger partial charge in [-0.3, -0.25) is 9.59 Å². The minimum absolute atomic E-state index is 0.110. The predicted molar refractivity (Wildman–Crippen MR) is 153 cm³/mol. The molecule has 0 unspecified atom stereocenters. The topological polar surface area (TPSA) is 58.2 Å². The summed E-state index contributed by atoms with van der Waals surface area (Å²) in [6.45, 7) is 12.7. The lowest BCUT2D eigenvalue weighted by molar-refractivity contribution is -0.120. The molecule has 2 N–H and O–H groups in total. The summed E-state index contributed by atoms with van der Waals surface area (Å²) in [4.78, 5) is 27.6. The molecule has 4 nitrogen and oxygen atoms in total. The zero-order valence-electron chi connectivity index (χ0n) is 23.4. The minimum atomic E-state index is 0.110. The molecule has 1 aliphatic carbocycles. The van der Waals surface area contributed by atoms with Crippen molar-refractivity contribution in [1.29, 1.82) is 0 Å². The lowest BCUT2D eigenvalue weighted by Crippen LogP contribution is -2.27. The molecule has 0 bridgehead atoms. The van der Waals surface area contributed by atoms with E-state index in [9.17, 15) is 9.59 Å². The largest absolute Gasteiger partial charge is 0.356 e. The summed E-state index contributed by atoms with van der Waals surface area (Å²) in [5, 5.41) is 6.03. The van der Waals surface area contributed by atoms with E-state index in [1.807, 2.05) is 7.05 Å². The number of thiophene rings is 1.